The first-order chi connectivity index (χ1) is 12.3. The summed E-state index contributed by atoms with van der Waals surface area (Å²) >= 11 is 3.54. The fourth-order valence-electron chi connectivity index (χ4n) is 3.25. The second-order valence-electron chi connectivity index (χ2n) is 6.53. The van der Waals surface area contributed by atoms with Crippen LogP contribution in [0.1, 0.15) is 6.42 Å². The molecule has 0 saturated carbocycles. The van der Waals surface area contributed by atoms with Gasteiger partial charge in [0.25, 0.3) is 5.91 Å². The highest BCUT2D eigenvalue weighted by Gasteiger charge is 2.36. The summed E-state index contributed by atoms with van der Waals surface area (Å²) in [6, 6.07) is 11.3. The van der Waals surface area contributed by atoms with E-state index >= 15 is 0 Å². The Morgan fingerprint density at radius 3 is 2.62 bits per heavy atom. The highest BCUT2D eigenvalue weighted by molar-refractivity contribution is 9.10. The summed E-state index contributed by atoms with van der Waals surface area (Å²) in [5, 5.41) is 5.19. The van der Waals surface area contributed by atoms with Crippen LogP contribution in [0.3, 0.4) is 0 Å². The molecule has 1 aliphatic rings. The highest BCUT2D eigenvalue weighted by atomic mass is 79.9. The number of amides is 1. The summed E-state index contributed by atoms with van der Waals surface area (Å²) in [6.07, 6.45) is 0.450. The smallest absolute Gasteiger partial charge is 0.275 e. The average molecular weight is 441 g/mol. The number of ether oxygens (including phenoxy) is 1. The fraction of sp³-hybridized carbons (Fsp3) is 0.389. The Labute approximate surface area is 161 Å². The normalized spacial score (nSPS) is 19.0. The SMILES string of the molecule is CN(C)N(C(=O)COc1ccc2ccccc2c1Br)C1CCS(=O)(=O)C1. The second kappa shape index (κ2) is 7.54. The maximum Gasteiger partial charge on any atom is 0.275 e. The Morgan fingerprint density at radius 1 is 1.23 bits per heavy atom. The molecular weight excluding hydrogens is 420 g/mol. The predicted molar refractivity (Wildman–Crippen MR) is 105 cm³/mol. The van der Waals surface area contributed by atoms with Crippen molar-refractivity contribution in [1.82, 2.24) is 10.0 Å². The molecule has 26 heavy (non-hydrogen) atoms. The average Bonchev–Trinajstić information content (AvgIpc) is 2.93. The quantitative estimate of drug-likeness (QED) is 0.668. The Morgan fingerprint density at radius 2 is 1.96 bits per heavy atom. The van der Waals surface area contributed by atoms with Crippen LogP contribution in [0.4, 0.5) is 0 Å². The lowest BCUT2D eigenvalue weighted by Gasteiger charge is -2.33. The van der Waals surface area contributed by atoms with Crippen LogP contribution in [0, 0.1) is 0 Å². The minimum absolute atomic E-state index is 0.00338. The van der Waals surface area contributed by atoms with Gasteiger partial charge in [-0.1, -0.05) is 30.3 Å². The van der Waals surface area contributed by atoms with Gasteiger partial charge in [0.1, 0.15) is 5.75 Å². The summed E-state index contributed by atoms with van der Waals surface area (Å²) in [5.41, 5.74) is 0. The number of hydrogen-bond donors (Lipinski definition) is 0. The van der Waals surface area contributed by atoms with E-state index < -0.39 is 9.84 Å². The lowest BCUT2D eigenvalue weighted by Crippen LogP contribution is -2.51. The molecule has 0 radical (unpaired) electrons. The van der Waals surface area contributed by atoms with Gasteiger partial charge in [-0.25, -0.2) is 13.4 Å². The van der Waals surface area contributed by atoms with Crippen LogP contribution >= 0.6 is 15.9 Å². The van der Waals surface area contributed by atoms with Crippen LogP contribution in [-0.2, 0) is 14.6 Å². The van der Waals surface area contributed by atoms with Crippen LogP contribution in [0.25, 0.3) is 10.8 Å². The van der Waals surface area contributed by atoms with Crippen LogP contribution in [0.15, 0.2) is 40.9 Å². The van der Waals surface area contributed by atoms with Crippen LogP contribution in [-0.4, -0.2) is 62.6 Å². The van der Waals surface area contributed by atoms with Gasteiger partial charge in [0.05, 0.1) is 22.0 Å². The molecule has 1 aliphatic heterocycles. The van der Waals surface area contributed by atoms with Gasteiger partial charge < -0.3 is 4.74 Å². The fourth-order valence-corrected chi connectivity index (χ4v) is 5.55. The predicted octanol–water partition coefficient (Wildman–Crippen LogP) is 2.47. The molecule has 0 bridgehead atoms. The minimum atomic E-state index is -3.07. The number of benzene rings is 2. The van der Waals surface area contributed by atoms with E-state index in [9.17, 15) is 13.2 Å². The zero-order chi connectivity index (χ0) is 18.9. The molecule has 0 N–H and O–H groups in total. The van der Waals surface area contributed by atoms with Crippen molar-refractivity contribution in [3.05, 3.63) is 40.9 Å². The van der Waals surface area contributed by atoms with Crippen molar-refractivity contribution in [3.63, 3.8) is 0 Å². The highest BCUT2D eigenvalue weighted by Crippen LogP contribution is 2.33. The molecule has 1 fully saturated rings. The summed E-state index contributed by atoms with van der Waals surface area (Å²) in [7, 11) is 0.387. The number of sulfone groups is 1. The second-order valence-corrected chi connectivity index (χ2v) is 9.55. The number of carbonyl (C=O) groups excluding carboxylic acids is 1. The maximum atomic E-state index is 12.7. The van der Waals surface area contributed by atoms with E-state index in [4.69, 9.17) is 4.74 Å². The monoisotopic (exact) mass is 440 g/mol. The molecule has 1 saturated heterocycles. The molecule has 1 unspecified atom stereocenters. The molecular formula is C18H21BrN2O4S. The van der Waals surface area contributed by atoms with Crippen molar-refractivity contribution in [2.24, 2.45) is 0 Å². The summed E-state index contributed by atoms with van der Waals surface area (Å²) in [6.45, 7) is -0.161. The number of rotatable bonds is 5. The van der Waals surface area contributed by atoms with E-state index in [0.29, 0.717) is 12.2 Å². The van der Waals surface area contributed by atoms with Gasteiger partial charge in [0.15, 0.2) is 16.4 Å². The van der Waals surface area contributed by atoms with Crippen LogP contribution < -0.4 is 4.74 Å². The number of halogens is 1. The molecule has 0 aliphatic carbocycles. The molecule has 140 valence electrons. The Kier molecular flexibility index (Phi) is 5.55. The lowest BCUT2D eigenvalue weighted by molar-refractivity contribution is -0.151. The Bertz CT molecular complexity index is 930. The number of fused-ring (bicyclic) bond motifs is 1. The molecule has 8 heteroatoms. The van der Waals surface area contributed by atoms with E-state index in [2.05, 4.69) is 15.9 Å². The van der Waals surface area contributed by atoms with Crippen molar-refractivity contribution in [3.8, 4) is 5.75 Å². The number of hydrazine groups is 1. The first-order valence-electron chi connectivity index (χ1n) is 8.28. The van der Waals surface area contributed by atoms with Crippen molar-refractivity contribution in [2.45, 2.75) is 12.5 Å². The van der Waals surface area contributed by atoms with E-state index in [1.54, 1.807) is 19.1 Å². The first kappa shape index (κ1) is 19.1. The summed E-state index contributed by atoms with van der Waals surface area (Å²) in [4.78, 5) is 12.7. The van der Waals surface area contributed by atoms with Crippen molar-refractivity contribution < 1.29 is 17.9 Å². The molecule has 2 aromatic rings. The zero-order valence-corrected chi connectivity index (χ0v) is 17.1. The molecule has 1 amide bonds. The third-order valence-corrected chi connectivity index (χ3v) is 6.99. The third kappa shape index (κ3) is 4.02. The molecule has 0 spiro atoms. The van der Waals surface area contributed by atoms with Gasteiger partial charge >= 0.3 is 0 Å². The zero-order valence-electron chi connectivity index (χ0n) is 14.7. The van der Waals surface area contributed by atoms with Crippen molar-refractivity contribution >= 4 is 42.4 Å². The standard InChI is InChI=1S/C18H21BrN2O4S/c1-20(2)21(14-9-10-26(23,24)12-14)17(22)11-25-16-8-7-13-5-3-4-6-15(13)18(16)19/h3-8,14H,9-12H2,1-2H3. The lowest BCUT2D eigenvalue weighted by atomic mass is 10.1. The Hall–Kier alpha value is -1.64. The van der Waals surface area contributed by atoms with E-state index in [0.717, 1.165) is 15.2 Å². The van der Waals surface area contributed by atoms with Gasteiger partial charge in [-0.05, 0) is 39.2 Å². The molecule has 1 heterocycles. The van der Waals surface area contributed by atoms with Gasteiger partial charge in [-0.2, -0.15) is 0 Å². The minimum Gasteiger partial charge on any atom is -0.483 e. The van der Waals surface area contributed by atoms with E-state index in [-0.39, 0.29) is 30.1 Å². The van der Waals surface area contributed by atoms with Gasteiger partial charge in [-0.15, -0.1) is 0 Å². The van der Waals surface area contributed by atoms with Crippen molar-refractivity contribution in [2.75, 3.05) is 32.2 Å². The summed E-state index contributed by atoms with van der Waals surface area (Å²) in [5.74, 6) is 0.426. The Balaban J connectivity index is 1.74. The molecule has 1 atom stereocenters. The third-order valence-electron chi connectivity index (χ3n) is 4.42. The van der Waals surface area contributed by atoms with Crippen LogP contribution in [0.5, 0.6) is 5.75 Å². The number of nitrogens with zero attached hydrogens (tertiary/aromatic N) is 2. The number of carbonyl (C=O) groups is 1. The molecule has 3 rings (SSSR count). The van der Waals surface area contributed by atoms with E-state index in [1.807, 2.05) is 36.4 Å². The van der Waals surface area contributed by atoms with E-state index in [1.165, 1.54) is 5.01 Å². The van der Waals surface area contributed by atoms with Gasteiger partial charge in [0, 0.05) is 14.1 Å². The largest absolute Gasteiger partial charge is 0.483 e. The van der Waals surface area contributed by atoms with Gasteiger partial charge in [-0.3, -0.25) is 9.80 Å². The maximum absolute atomic E-state index is 12.7. The molecule has 2 aromatic carbocycles. The first-order valence-corrected chi connectivity index (χ1v) is 10.9. The van der Waals surface area contributed by atoms with Crippen molar-refractivity contribution in [1.29, 1.82) is 0 Å². The molecule has 0 aromatic heterocycles. The summed E-state index contributed by atoms with van der Waals surface area (Å²) < 4.78 is 30.0. The van der Waals surface area contributed by atoms with Gasteiger partial charge in [0.2, 0.25) is 0 Å². The number of hydrogen-bond acceptors (Lipinski definition) is 5. The topological polar surface area (TPSA) is 66.9 Å². The molecule has 6 nitrogen and oxygen atoms in total. The van der Waals surface area contributed by atoms with Crippen LogP contribution in [0.2, 0.25) is 0 Å².